The maximum atomic E-state index is 12.6. The fraction of sp³-hybridized carbons (Fsp3) is 0.737. The number of rotatable bonds is 10. The fourth-order valence-electron chi connectivity index (χ4n) is 8.23. The molecule has 282 valence electrons. The summed E-state index contributed by atoms with van der Waals surface area (Å²) in [5, 5.41) is 16.0. The molecule has 4 aliphatic heterocycles. The largest absolute Gasteiger partial charge is 0.459 e. The molecule has 51 heavy (non-hydrogen) atoms. The van der Waals surface area contributed by atoms with Gasteiger partial charge < -0.3 is 44.2 Å². The van der Waals surface area contributed by atoms with Gasteiger partial charge in [0.15, 0.2) is 0 Å². The first kappa shape index (κ1) is 37.3. The summed E-state index contributed by atoms with van der Waals surface area (Å²) in [6.07, 6.45) is 7.92. The Kier molecular flexibility index (Phi) is 10.9. The van der Waals surface area contributed by atoms with Gasteiger partial charge in [0.2, 0.25) is 0 Å². The highest BCUT2D eigenvalue weighted by Crippen LogP contribution is 2.53. The summed E-state index contributed by atoms with van der Waals surface area (Å²) in [7, 11) is 0. The Bertz CT molecular complexity index is 1460. The number of alkyl carbamates (subject to hydrolysis) is 2. The molecule has 2 amide bonds. The summed E-state index contributed by atoms with van der Waals surface area (Å²) in [4.78, 5) is 49.6. The fourth-order valence-corrected chi connectivity index (χ4v) is 8.23. The molecule has 0 aromatic rings. The van der Waals surface area contributed by atoms with Crippen LogP contribution in [0.2, 0.25) is 0 Å². The van der Waals surface area contributed by atoms with E-state index in [-0.39, 0.29) is 85.4 Å². The second-order valence-corrected chi connectivity index (χ2v) is 16.0. The molecule has 6 rings (SSSR count). The number of hydrogen-bond acceptors (Lipinski definition) is 11. The van der Waals surface area contributed by atoms with Gasteiger partial charge in [-0.15, -0.1) is 0 Å². The molecule has 0 spiro atoms. The number of carbonyl (C=O) groups is 4. The van der Waals surface area contributed by atoms with Crippen LogP contribution in [0, 0.1) is 17.3 Å². The van der Waals surface area contributed by atoms with Crippen LogP contribution in [-0.2, 0) is 38.0 Å². The van der Waals surface area contributed by atoms with Crippen molar-refractivity contribution in [3.8, 4) is 0 Å². The van der Waals surface area contributed by atoms with Gasteiger partial charge in [-0.3, -0.25) is 4.79 Å². The van der Waals surface area contributed by atoms with Crippen molar-refractivity contribution in [3.05, 3.63) is 35.5 Å². The van der Waals surface area contributed by atoms with Crippen LogP contribution in [0.25, 0.3) is 0 Å². The lowest BCUT2D eigenvalue weighted by Crippen LogP contribution is -2.34. The monoisotopic (exact) mass is 714 g/mol. The normalized spacial score (nSPS) is 37.9. The van der Waals surface area contributed by atoms with Crippen molar-refractivity contribution < 1.29 is 52.7 Å². The molecule has 4 saturated heterocycles. The minimum absolute atomic E-state index is 0.00658. The second kappa shape index (κ2) is 14.9. The van der Waals surface area contributed by atoms with Crippen LogP contribution in [0.3, 0.4) is 0 Å². The maximum Gasteiger partial charge on any atom is 0.407 e. The van der Waals surface area contributed by atoms with Gasteiger partial charge in [0.05, 0.1) is 35.9 Å². The zero-order valence-electron chi connectivity index (χ0n) is 30.3. The Hall–Kier alpha value is -3.42. The SMILES string of the molecule is C=C1C(=O)O[C@H]2[C@H]1CC/C(CNC(=O)OCCC(O)CCOC(=O)NC/C1=C/CC[C@@]3(C)O[C@H]3[C@H]3OC(=O)C(C)(C)[C@@H]3CC1)=C\CC[C@@]1(C)O[C@@H]21. The summed E-state index contributed by atoms with van der Waals surface area (Å²) in [6.45, 7) is 12.6. The van der Waals surface area contributed by atoms with Crippen LogP contribution in [0.4, 0.5) is 9.59 Å². The third-order valence-electron chi connectivity index (χ3n) is 11.9. The molecule has 9 atom stereocenters. The highest BCUT2D eigenvalue weighted by atomic mass is 16.7. The molecule has 3 N–H and O–H groups in total. The Balaban J connectivity index is 0.855. The minimum atomic E-state index is -0.817. The average Bonchev–Trinajstić information content (AvgIpc) is 3.90. The van der Waals surface area contributed by atoms with E-state index in [4.69, 9.17) is 28.4 Å². The number of esters is 2. The van der Waals surface area contributed by atoms with Crippen LogP contribution in [-0.4, -0.2) is 97.3 Å². The first-order valence-corrected chi connectivity index (χ1v) is 18.5. The number of fused-ring (bicyclic) bond motifs is 6. The van der Waals surface area contributed by atoms with Gasteiger partial charge in [0.1, 0.15) is 24.4 Å². The van der Waals surface area contributed by atoms with Gasteiger partial charge in [-0.25, -0.2) is 14.4 Å². The number of aliphatic hydroxyl groups is 1. The number of aliphatic hydroxyl groups excluding tert-OH is 1. The third-order valence-corrected chi connectivity index (χ3v) is 11.9. The first-order chi connectivity index (χ1) is 24.2. The molecule has 1 unspecified atom stereocenters. The van der Waals surface area contributed by atoms with Gasteiger partial charge in [-0.1, -0.05) is 29.9 Å². The summed E-state index contributed by atoms with van der Waals surface area (Å²) >= 11 is 0. The maximum absolute atomic E-state index is 12.6. The number of nitrogens with one attached hydrogen (secondary N) is 2. The highest BCUT2D eigenvalue weighted by molar-refractivity contribution is 5.91. The first-order valence-electron chi connectivity index (χ1n) is 18.5. The molecular weight excluding hydrogens is 660 g/mol. The number of epoxide rings is 2. The molecule has 0 radical (unpaired) electrons. The summed E-state index contributed by atoms with van der Waals surface area (Å²) in [5.74, 6) is -0.637. The molecule has 4 fully saturated rings. The van der Waals surface area contributed by atoms with Crippen molar-refractivity contribution >= 4 is 24.1 Å². The Morgan fingerprint density at radius 3 is 1.96 bits per heavy atom. The van der Waals surface area contributed by atoms with Gasteiger partial charge >= 0.3 is 24.1 Å². The minimum Gasteiger partial charge on any atom is -0.459 e. The van der Waals surface area contributed by atoms with Crippen LogP contribution in [0.1, 0.15) is 91.9 Å². The van der Waals surface area contributed by atoms with E-state index >= 15 is 0 Å². The van der Waals surface area contributed by atoms with E-state index in [1.165, 1.54) is 0 Å². The van der Waals surface area contributed by atoms with Crippen molar-refractivity contribution in [2.45, 2.75) is 134 Å². The van der Waals surface area contributed by atoms with Crippen molar-refractivity contribution in [2.24, 2.45) is 17.3 Å². The number of hydrogen-bond donors (Lipinski definition) is 3. The Labute approximate surface area is 299 Å². The van der Waals surface area contributed by atoms with Gasteiger partial charge in [-0.2, -0.15) is 0 Å². The van der Waals surface area contributed by atoms with E-state index in [0.29, 0.717) is 31.5 Å². The lowest BCUT2D eigenvalue weighted by Gasteiger charge is -2.26. The number of amides is 2. The summed E-state index contributed by atoms with van der Waals surface area (Å²) < 4.78 is 33.9. The topological polar surface area (TPSA) is 175 Å². The zero-order chi connectivity index (χ0) is 36.6. The second-order valence-electron chi connectivity index (χ2n) is 16.0. The van der Waals surface area contributed by atoms with E-state index < -0.39 is 23.7 Å². The van der Waals surface area contributed by atoms with Gasteiger partial charge in [0.25, 0.3) is 0 Å². The predicted octanol–water partition coefficient (Wildman–Crippen LogP) is 4.56. The lowest BCUT2D eigenvalue weighted by atomic mass is 9.73. The number of carbonyl (C=O) groups excluding carboxylic acids is 4. The van der Waals surface area contributed by atoms with Gasteiger partial charge in [0, 0.05) is 43.3 Å². The van der Waals surface area contributed by atoms with E-state index in [9.17, 15) is 24.3 Å². The molecule has 13 heteroatoms. The van der Waals surface area contributed by atoms with Crippen LogP contribution >= 0.6 is 0 Å². The number of ether oxygens (including phenoxy) is 6. The van der Waals surface area contributed by atoms with E-state index in [2.05, 4.69) is 36.3 Å². The van der Waals surface area contributed by atoms with Crippen molar-refractivity contribution in [1.29, 1.82) is 0 Å². The Morgan fingerprint density at radius 2 is 1.39 bits per heavy atom. The molecule has 13 nitrogen and oxygen atoms in total. The van der Waals surface area contributed by atoms with Crippen LogP contribution in [0.5, 0.6) is 0 Å². The van der Waals surface area contributed by atoms with E-state index in [1.54, 1.807) is 0 Å². The van der Waals surface area contributed by atoms with E-state index in [0.717, 1.165) is 49.7 Å². The van der Waals surface area contributed by atoms with Crippen LogP contribution in [0.15, 0.2) is 35.5 Å². The van der Waals surface area contributed by atoms with Gasteiger partial charge in [-0.05, 0) is 79.1 Å². The number of allylic oxidation sites excluding steroid dienone is 2. The molecule has 0 bridgehead atoms. The lowest BCUT2D eigenvalue weighted by molar-refractivity contribution is -0.148. The average molecular weight is 715 g/mol. The summed E-state index contributed by atoms with van der Waals surface area (Å²) in [6, 6.07) is 0. The molecule has 6 aliphatic rings. The van der Waals surface area contributed by atoms with Crippen molar-refractivity contribution in [3.63, 3.8) is 0 Å². The molecule has 2 aliphatic carbocycles. The third kappa shape index (κ3) is 8.46. The zero-order valence-corrected chi connectivity index (χ0v) is 30.3. The standard InChI is InChI=1S/C38H54N2O11/c1-22-26-12-10-23(8-6-16-37(4)30(50-37)28(26)48-32(22)42)20-39-34(44)46-18-14-25(41)15-19-47-35(45)40-21-24-9-7-17-38(5)31(51-38)29-27(13-11-24)36(2,3)33(43)49-29/h8-9,25-31,41H,1,6-7,10-21H2,2-5H3,(H,39,44)(H,40,45)/b23-8+,24-9+/t25?,26-,27+,28-,29-,30-,31-,37+,38+/m0/s1. The summed E-state index contributed by atoms with van der Waals surface area (Å²) in [5.41, 5.74) is 1.35. The molecule has 0 aromatic heterocycles. The molecule has 4 heterocycles. The highest BCUT2D eigenvalue weighted by Gasteiger charge is 2.65. The van der Waals surface area contributed by atoms with Crippen molar-refractivity contribution in [1.82, 2.24) is 10.6 Å². The molecule has 0 aromatic carbocycles. The van der Waals surface area contributed by atoms with E-state index in [1.807, 2.05) is 20.8 Å². The smallest absolute Gasteiger partial charge is 0.407 e. The molecular formula is C38H54N2O11. The Morgan fingerprint density at radius 1 is 0.863 bits per heavy atom. The van der Waals surface area contributed by atoms with Crippen LogP contribution < -0.4 is 10.6 Å². The molecule has 0 saturated carbocycles. The quantitative estimate of drug-likeness (QED) is 0.0952. The predicted molar refractivity (Wildman–Crippen MR) is 183 cm³/mol. The van der Waals surface area contributed by atoms with Crippen molar-refractivity contribution in [2.75, 3.05) is 26.3 Å².